The van der Waals surface area contributed by atoms with E-state index < -0.39 is 5.91 Å². The summed E-state index contributed by atoms with van der Waals surface area (Å²) in [5, 5.41) is 10.5. The molecule has 0 aliphatic carbocycles. The topological polar surface area (TPSA) is 59.8 Å². The van der Waals surface area contributed by atoms with Gasteiger partial charge >= 0.3 is 0 Å². The molecule has 1 N–H and O–H groups in total. The fourth-order valence-electron chi connectivity index (χ4n) is 2.45. The number of hydrogen-bond donors (Lipinski definition) is 1. The number of aryl methyl sites for hydroxylation is 2. The number of nitrogens with zero attached hydrogens (tertiary/aromatic N) is 3. The fraction of sp³-hybridized carbons (Fsp3) is 0.167. The van der Waals surface area contributed by atoms with Crippen LogP contribution in [0.5, 0.6) is 0 Å². The van der Waals surface area contributed by atoms with Gasteiger partial charge in [-0.1, -0.05) is 11.3 Å². The number of carbonyl (C=O) groups is 1. The quantitative estimate of drug-likeness (QED) is 0.789. The maximum atomic E-state index is 13.8. The van der Waals surface area contributed by atoms with Crippen molar-refractivity contribution >= 4 is 11.6 Å². The molecule has 1 heterocycles. The highest BCUT2D eigenvalue weighted by Gasteiger charge is 2.18. The Morgan fingerprint density at radius 3 is 2.48 bits per heavy atom. The van der Waals surface area contributed by atoms with Crippen LogP contribution in [0.3, 0.4) is 0 Å². The molecule has 0 aliphatic rings. The molecule has 1 aromatic heterocycles. The van der Waals surface area contributed by atoms with Gasteiger partial charge in [-0.2, -0.15) is 0 Å². The van der Waals surface area contributed by atoms with Gasteiger partial charge in [0.1, 0.15) is 11.6 Å². The molecule has 25 heavy (non-hydrogen) atoms. The van der Waals surface area contributed by atoms with E-state index in [0.29, 0.717) is 28.2 Å². The summed E-state index contributed by atoms with van der Waals surface area (Å²) in [6.07, 6.45) is 0. The number of carbonyl (C=O) groups excluding carboxylic acids is 1. The first kappa shape index (κ1) is 16.8. The summed E-state index contributed by atoms with van der Waals surface area (Å²) in [5.41, 5.74) is 2.67. The van der Waals surface area contributed by atoms with Gasteiger partial charge in [-0.15, -0.1) is 5.10 Å². The highest BCUT2D eigenvalue weighted by Crippen LogP contribution is 2.19. The number of nitrogens with one attached hydrogen (secondary N) is 1. The second kappa shape index (κ2) is 6.43. The predicted octanol–water partition coefficient (Wildman–Crippen LogP) is 3.72. The van der Waals surface area contributed by atoms with Crippen molar-refractivity contribution in [3.05, 3.63) is 70.5 Å². The number of aromatic nitrogens is 3. The van der Waals surface area contributed by atoms with Gasteiger partial charge < -0.3 is 5.32 Å². The van der Waals surface area contributed by atoms with Gasteiger partial charge in [-0.05, 0) is 62.2 Å². The molecule has 0 aliphatic heterocycles. The Hall–Kier alpha value is -3.09. The van der Waals surface area contributed by atoms with Gasteiger partial charge in [0.2, 0.25) is 0 Å². The molecule has 0 bridgehead atoms. The zero-order valence-corrected chi connectivity index (χ0v) is 14.0. The first-order chi connectivity index (χ1) is 11.9. The van der Waals surface area contributed by atoms with Crippen molar-refractivity contribution in [3.8, 4) is 5.69 Å². The fourth-order valence-corrected chi connectivity index (χ4v) is 2.45. The number of halogens is 2. The van der Waals surface area contributed by atoms with Gasteiger partial charge in [-0.3, -0.25) is 4.79 Å². The summed E-state index contributed by atoms with van der Waals surface area (Å²) in [4.78, 5) is 12.4. The molecule has 0 atom stereocenters. The van der Waals surface area contributed by atoms with Crippen molar-refractivity contribution in [3.63, 3.8) is 0 Å². The van der Waals surface area contributed by atoms with Crippen LogP contribution in [0.1, 0.15) is 27.3 Å². The molecule has 1 amide bonds. The summed E-state index contributed by atoms with van der Waals surface area (Å²) in [6.45, 7) is 5.03. The second-order valence-corrected chi connectivity index (χ2v) is 5.78. The zero-order chi connectivity index (χ0) is 18.1. The lowest BCUT2D eigenvalue weighted by atomic mass is 10.2. The molecule has 0 saturated heterocycles. The Kier molecular flexibility index (Phi) is 4.31. The minimum Gasteiger partial charge on any atom is -0.320 e. The minimum absolute atomic E-state index is 0.115. The number of benzene rings is 2. The van der Waals surface area contributed by atoms with Gasteiger partial charge in [0, 0.05) is 5.69 Å². The predicted molar refractivity (Wildman–Crippen MR) is 89.9 cm³/mol. The average Bonchev–Trinajstić information content (AvgIpc) is 2.94. The van der Waals surface area contributed by atoms with E-state index in [-0.39, 0.29) is 17.3 Å². The van der Waals surface area contributed by atoms with Crippen LogP contribution in [-0.2, 0) is 0 Å². The number of anilines is 1. The lowest BCUT2D eigenvalue weighted by molar-refractivity contribution is 0.102. The molecule has 0 saturated carbocycles. The molecule has 128 valence electrons. The Balaban J connectivity index is 1.89. The highest BCUT2D eigenvalue weighted by molar-refractivity contribution is 6.04. The minimum atomic E-state index is -0.467. The van der Waals surface area contributed by atoms with Crippen LogP contribution in [0.15, 0.2) is 36.4 Å². The third-order valence-corrected chi connectivity index (χ3v) is 3.95. The molecule has 0 unspecified atom stereocenters. The van der Waals surface area contributed by atoms with E-state index in [2.05, 4.69) is 15.6 Å². The van der Waals surface area contributed by atoms with Crippen LogP contribution < -0.4 is 5.32 Å². The van der Waals surface area contributed by atoms with Crippen molar-refractivity contribution in [2.24, 2.45) is 0 Å². The van der Waals surface area contributed by atoms with Gasteiger partial charge in [0.15, 0.2) is 5.69 Å². The highest BCUT2D eigenvalue weighted by atomic mass is 19.1. The maximum absolute atomic E-state index is 13.8. The molecular weight excluding hydrogens is 326 g/mol. The van der Waals surface area contributed by atoms with E-state index in [4.69, 9.17) is 0 Å². The van der Waals surface area contributed by atoms with Crippen LogP contribution in [-0.4, -0.2) is 20.9 Å². The summed E-state index contributed by atoms with van der Waals surface area (Å²) < 4.78 is 28.3. The third kappa shape index (κ3) is 3.26. The SMILES string of the molecule is Cc1ccc(-n2nnc(C(=O)Nc3ccc(F)cc3C)c2C)cc1F. The Bertz CT molecular complexity index is 966. The molecule has 5 nitrogen and oxygen atoms in total. The van der Waals surface area contributed by atoms with Crippen molar-refractivity contribution in [1.29, 1.82) is 0 Å². The number of hydrogen-bond acceptors (Lipinski definition) is 3. The summed E-state index contributed by atoms with van der Waals surface area (Å²) >= 11 is 0. The third-order valence-electron chi connectivity index (χ3n) is 3.95. The maximum Gasteiger partial charge on any atom is 0.278 e. The molecule has 0 fully saturated rings. The van der Waals surface area contributed by atoms with E-state index in [1.807, 2.05) is 0 Å². The second-order valence-electron chi connectivity index (χ2n) is 5.78. The Morgan fingerprint density at radius 1 is 1.04 bits per heavy atom. The zero-order valence-electron chi connectivity index (χ0n) is 14.0. The standard InChI is InChI=1S/C18H16F2N4O/c1-10-4-6-14(9-15(10)20)24-12(3)17(22-23-24)18(25)21-16-7-5-13(19)8-11(16)2/h4-9H,1-3H3,(H,21,25). The van der Waals surface area contributed by atoms with E-state index in [0.717, 1.165) is 0 Å². The first-order valence-electron chi connectivity index (χ1n) is 7.63. The van der Waals surface area contributed by atoms with Crippen molar-refractivity contribution < 1.29 is 13.6 Å². The normalized spacial score (nSPS) is 10.8. The lowest BCUT2D eigenvalue weighted by Gasteiger charge is -2.08. The Labute approximate surface area is 143 Å². The van der Waals surface area contributed by atoms with E-state index >= 15 is 0 Å². The first-order valence-corrected chi connectivity index (χ1v) is 7.63. The van der Waals surface area contributed by atoms with Crippen molar-refractivity contribution in [2.75, 3.05) is 5.32 Å². The van der Waals surface area contributed by atoms with Crippen LogP contribution in [0, 0.1) is 32.4 Å². The molecule has 3 rings (SSSR count). The largest absolute Gasteiger partial charge is 0.320 e. The van der Waals surface area contributed by atoms with E-state index in [9.17, 15) is 13.6 Å². The van der Waals surface area contributed by atoms with Crippen LogP contribution in [0.2, 0.25) is 0 Å². The molecule has 3 aromatic rings. The summed E-state index contributed by atoms with van der Waals surface area (Å²) in [7, 11) is 0. The van der Waals surface area contributed by atoms with Gasteiger partial charge in [0.25, 0.3) is 5.91 Å². The van der Waals surface area contributed by atoms with E-state index in [1.165, 1.54) is 28.9 Å². The number of amides is 1. The summed E-state index contributed by atoms with van der Waals surface area (Å²) in [5.74, 6) is -1.20. The Morgan fingerprint density at radius 2 is 1.80 bits per heavy atom. The summed E-state index contributed by atoms with van der Waals surface area (Å²) in [6, 6.07) is 8.75. The molecular formula is C18H16F2N4O. The van der Waals surface area contributed by atoms with Gasteiger partial charge in [-0.25, -0.2) is 13.5 Å². The molecule has 0 radical (unpaired) electrons. The van der Waals surface area contributed by atoms with Crippen LogP contribution in [0.25, 0.3) is 5.69 Å². The molecule has 2 aromatic carbocycles. The van der Waals surface area contributed by atoms with Crippen LogP contribution >= 0.6 is 0 Å². The van der Waals surface area contributed by atoms with Crippen molar-refractivity contribution in [1.82, 2.24) is 15.0 Å². The monoisotopic (exact) mass is 342 g/mol. The average molecular weight is 342 g/mol. The lowest BCUT2D eigenvalue weighted by Crippen LogP contribution is -2.15. The van der Waals surface area contributed by atoms with Crippen LogP contribution in [0.4, 0.5) is 14.5 Å². The van der Waals surface area contributed by atoms with Crippen molar-refractivity contribution in [2.45, 2.75) is 20.8 Å². The van der Waals surface area contributed by atoms with E-state index in [1.54, 1.807) is 32.9 Å². The number of rotatable bonds is 3. The van der Waals surface area contributed by atoms with Gasteiger partial charge in [0.05, 0.1) is 11.4 Å². The smallest absolute Gasteiger partial charge is 0.278 e. The molecule has 0 spiro atoms. The molecule has 7 heteroatoms.